The lowest BCUT2D eigenvalue weighted by molar-refractivity contribution is 0.00594. The first-order valence-corrected chi connectivity index (χ1v) is 12.2. The number of ether oxygens (including phenoxy) is 1. The van der Waals surface area contributed by atoms with Gasteiger partial charge in [0.2, 0.25) is 0 Å². The van der Waals surface area contributed by atoms with Gasteiger partial charge in [0.25, 0.3) is 10.2 Å². The Morgan fingerprint density at radius 1 is 0.879 bits per heavy atom. The zero-order chi connectivity index (χ0) is 23.2. The number of Topliss-reactive ketones (excluding diaryl/α,β-unsaturated/α-hetero) is 1. The van der Waals surface area contributed by atoms with Crippen molar-refractivity contribution in [3.8, 4) is 28.0 Å². The minimum absolute atomic E-state index is 0.0662. The second-order valence-corrected chi connectivity index (χ2v) is 10.1. The zero-order valence-corrected chi connectivity index (χ0v) is 18.6. The number of fused-ring (bicyclic) bond motifs is 1. The number of carbonyl (C=O) groups excluding carboxylic acids is 1. The molecule has 8 heteroatoms. The van der Waals surface area contributed by atoms with Crippen LogP contribution in [0.4, 0.5) is 4.39 Å². The number of hydrogen-bond acceptors (Lipinski definition) is 4. The summed E-state index contributed by atoms with van der Waals surface area (Å²) in [7, 11) is -3.75. The number of carbonyl (C=O) groups is 1. The molecule has 1 saturated heterocycles. The van der Waals surface area contributed by atoms with Crippen molar-refractivity contribution in [2.45, 2.75) is 24.9 Å². The fraction of sp³-hybridized carbons (Fsp3) is 0.240. The quantitative estimate of drug-likeness (QED) is 0.628. The number of piperidine rings is 1. The topological polar surface area (TPSA) is 89.7 Å². The number of ketones is 1. The summed E-state index contributed by atoms with van der Waals surface area (Å²) in [4.78, 5) is 13.0. The van der Waals surface area contributed by atoms with Crippen LogP contribution in [-0.4, -0.2) is 37.2 Å². The Morgan fingerprint density at radius 3 is 2.21 bits per heavy atom. The Hall–Kier alpha value is -3.07. The van der Waals surface area contributed by atoms with Crippen molar-refractivity contribution in [1.82, 2.24) is 4.31 Å². The van der Waals surface area contributed by atoms with Gasteiger partial charge in [-0.15, -0.1) is 0 Å². The number of nitrogens with zero attached hydrogens (tertiary/aromatic N) is 1. The van der Waals surface area contributed by atoms with Crippen molar-refractivity contribution in [2.24, 2.45) is 5.14 Å². The lowest BCUT2D eigenvalue weighted by atomic mass is 9.82. The summed E-state index contributed by atoms with van der Waals surface area (Å²) in [5.41, 5.74) is 2.45. The lowest BCUT2D eigenvalue weighted by Crippen LogP contribution is -2.53. The SMILES string of the molecule is NS(=O)(=O)N1CCC2(CC1)CC(=O)c1cc(-c3ccc(-c4ccccc4)c(F)c3)ccc1O2. The molecule has 2 N–H and O–H groups in total. The number of halogens is 1. The number of benzene rings is 3. The highest BCUT2D eigenvalue weighted by molar-refractivity contribution is 7.86. The average molecular weight is 467 g/mol. The molecule has 33 heavy (non-hydrogen) atoms. The molecule has 0 radical (unpaired) electrons. The van der Waals surface area contributed by atoms with Crippen molar-refractivity contribution < 1.29 is 22.3 Å². The van der Waals surface area contributed by atoms with Crippen LogP contribution in [0.3, 0.4) is 0 Å². The summed E-state index contributed by atoms with van der Waals surface area (Å²) in [5.74, 6) is 0.0727. The predicted molar refractivity (Wildman–Crippen MR) is 123 cm³/mol. The van der Waals surface area contributed by atoms with Crippen LogP contribution < -0.4 is 9.88 Å². The van der Waals surface area contributed by atoms with E-state index >= 15 is 0 Å². The molecule has 0 aliphatic carbocycles. The van der Waals surface area contributed by atoms with E-state index in [-0.39, 0.29) is 31.1 Å². The maximum atomic E-state index is 14.8. The second kappa shape index (κ2) is 8.06. The van der Waals surface area contributed by atoms with E-state index in [2.05, 4.69) is 0 Å². The highest BCUT2D eigenvalue weighted by atomic mass is 32.2. The van der Waals surface area contributed by atoms with Crippen molar-refractivity contribution in [2.75, 3.05) is 13.1 Å². The Morgan fingerprint density at radius 2 is 1.55 bits per heavy atom. The third-order valence-corrected chi connectivity index (χ3v) is 7.55. The van der Waals surface area contributed by atoms with E-state index in [0.29, 0.717) is 35.3 Å². The molecule has 5 rings (SSSR count). The van der Waals surface area contributed by atoms with Crippen LogP contribution in [-0.2, 0) is 10.2 Å². The highest BCUT2D eigenvalue weighted by Gasteiger charge is 2.44. The molecule has 2 aliphatic heterocycles. The first-order valence-electron chi connectivity index (χ1n) is 10.7. The molecule has 2 heterocycles. The van der Waals surface area contributed by atoms with Gasteiger partial charge in [-0.2, -0.15) is 12.7 Å². The molecule has 0 unspecified atom stereocenters. The van der Waals surface area contributed by atoms with Crippen LogP contribution >= 0.6 is 0 Å². The molecule has 2 aliphatic rings. The Balaban J connectivity index is 1.40. The van der Waals surface area contributed by atoms with Gasteiger partial charge in [0.05, 0.1) is 12.0 Å². The normalized spacial score (nSPS) is 18.1. The molecule has 0 saturated carbocycles. The van der Waals surface area contributed by atoms with Gasteiger partial charge in [0, 0.05) is 31.5 Å². The standard InChI is InChI=1S/C25H23FN2O4S/c26-22-15-19(6-8-20(22)17-4-2-1-3-5-17)18-7-9-24-21(14-18)23(29)16-25(32-24)10-12-28(13-11-25)33(27,30)31/h1-9,14-15H,10-13,16H2,(H2,27,30,31). The summed E-state index contributed by atoms with van der Waals surface area (Å²) < 4.78 is 45.5. The lowest BCUT2D eigenvalue weighted by Gasteiger charge is -2.43. The van der Waals surface area contributed by atoms with Gasteiger partial charge in [-0.1, -0.05) is 48.5 Å². The summed E-state index contributed by atoms with van der Waals surface area (Å²) >= 11 is 0. The van der Waals surface area contributed by atoms with Crippen LogP contribution in [0, 0.1) is 5.82 Å². The molecule has 0 aromatic heterocycles. The Labute approximate surface area is 192 Å². The molecule has 0 bridgehead atoms. The van der Waals surface area contributed by atoms with Gasteiger partial charge in [-0.05, 0) is 34.9 Å². The molecule has 6 nitrogen and oxygen atoms in total. The summed E-state index contributed by atoms with van der Waals surface area (Å²) in [5, 5.41) is 5.22. The van der Waals surface area contributed by atoms with Crippen LogP contribution in [0.15, 0.2) is 66.7 Å². The van der Waals surface area contributed by atoms with Crippen LogP contribution in [0.1, 0.15) is 29.6 Å². The first kappa shape index (κ1) is 21.8. The predicted octanol–water partition coefficient (Wildman–Crippen LogP) is 4.16. The Kier molecular flexibility index (Phi) is 5.31. The van der Waals surface area contributed by atoms with Crippen LogP contribution in [0.2, 0.25) is 0 Å². The van der Waals surface area contributed by atoms with Gasteiger partial charge in [0.1, 0.15) is 17.2 Å². The number of hydrogen-bond donors (Lipinski definition) is 1. The molecular weight excluding hydrogens is 443 g/mol. The number of nitrogens with two attached hydrogens (primary N) is 1. The van der Waals surface area contributed by atoms with E-state index in [1.54, 1.807) is 18.2 Å². The maximum Gasteiger partial charge on any atom is 0.276 e. The molecule has 170 valence electrons. The largest absolute Gasteiger partial charge is 0.486 e. The van der Waals surface area contributed by atoms with E-state index in [4.69, 9.17) is 9.88 Å². The van der Waals surface area contributed by atoms with Gasteiger partial charge < -0.3 is 4.74 Å². The van der Waals surface area contributed by atoms with Crippen molar-refractivity contribution in [3.05, 3.63) is 78.1 Å². The molecule has 1 spiro atoms. The van der Waals surface area contributed by atoms with E-state index in [0.717, 1.165) is 11.1 Å². The molecule has 0 atom stereocenters. The van der Waals surface area contributed by atoms with Gasteiger partial charge in [0.15, 0.2) is 5.78 Å². The zero-order valence-electron chi connectivity index (χ0n) is 17.8. The van der Waals surface area contributed by atoms with Crippen molar-refractivity contribution in [3.63, 3.8) is 0 Å². The monoisotopic (exact) mass is 466 g/mol. The smallest absolute Gasteiger partial charge is 0.276 e. The van der Waals surface area contributed by atoms with Gasteiger partial charge in [-0.25, -0.2) is 9.53 Å². The van der Waals surface area contributed by atoms with Crippen molar-refractivity contribution in [1.29, 1.82) is 0 Å². The third-order valence-electron chi connectivity index (χ3n) is 6.47. The fourth-order valence-electron chi connectivity index (χ4n) is 4.65. The molecular formula is C25H23FN2O4S. The van der Waals surface area contributed by atoms with Gasteiger partial charge in [-0.3, -0.25) is 4.79 Å². The van der Waals surface area contributed by atoms with Crippen molar-refractivity contribution >= 4 is 16.0 Å². The van der Waals surface area contributed by atoms with Crippen LogP contribution in [0.25, 0.3) is 22.3 Å². The van der Waals surface area contributed by atoms with E-state index in [9.17, 15) is 17.6 Å². The minimum atomic E-state index is -3.75. The molecule has 3 aromatic carbocycles. The first-order chi connectivity index (χ1) is 15.7. The molecule has 0 amide bonds. The average Bonchev–Trinajstić information content (AvgIpc) is 2.79. The van der Waals surface area contributed by atoms with E-state index in [1.165, 1.54) is 10.4 Å². The molecule has 3 aromatic rings. The maximum absolute atomic E-state index is 14.8. The highest BCUT2D eigenvalue weighted by Crippen LogP contribution is 2.41. The molecule has 1 fully saturated rings. The number of rotatable bonds is 3. The summed E-state index contributed by atoms with van der Waals surface area (Å²) in [6, 6.07) is 19.7. The third kappa shape index (κ3) is 4.17. The fourth-order valence-corrected chi connectivity index (χ4v) is 5.34. The van der Waals surface area contributed by atoms with Crippen LogP contribution in [0.5, 0.6) is 5.75 Å². The minimum Gasteiger partial charge on any atom is -0.486 e. The van der Waals surface area contributed by atoms with Gasteiger partial charge >= 0.3 is 0 Å². The Bertz CT molecular complexity index is 1330. The van der Waals surface area contributed by atoms with E-state index < -0.39 is 15.8 Å². The summed E-state index contributed by atoms with van der Waals surface area (Å²) in [6.07, 6.45) is 0.953. The second-order valence-electron chi connectivity index (χ2n) is 8.60. The van der Waals surface area contributed by atoms with E-state index in [1.807, 2.05) is 42.5 Å². The summed E-state index contributed by atoms with van der Waals surface area (Å²) in [6.45, 7) is 0.430.